The van der Waals surface area contributed by atoms with Crippen LogP contribution in [0.2, 0.25) is 0 Å². The highest BCUT2D eigenvalue weighted by molar-refractivity contribution is 5.95. The van der Waals surface area contributed by atoms with Gasteiger partial charge in [0, 0.05) is 24.2 Å². The Labute approximate surface area is 164 Å². The van der Waals surface area contributed by atoms with E-state index in [4.69, 9.17) is 0 Å². The Kier molecular flexibility index (Phi) is 5.61. The first-order valence-electron chi connectivity index (χ1n) is 8.58. The van der Waals surface area contributed by atoms with E-state index in [1.165, 1.54) is 30.3 Å². The number of rotatable bonds is 3. The molecule has 0 atom stereocenters. The number of fused-ring (bicyclic) bond motifs is 1. The van der Waals surface area contributed by atoms with Crippen LogP contribution in [0.4, 0.5) is 8.78 Å². The minimum absolute atomic E-state index is 0. The Morgan fingerprint density at radius 3 is 2.34 bits per heavy atom. The first-order valence-corrected chi connectivity index (χ1v) is 8.58. The molecule has 4 rings (SSSR count). The van der Waals surface area contributed by atoms with Gasteiger partial charge in [-0.15, -0.1) is 0 Å². The minimum Gasteiger partial charge on any atom is -0.412 e. The Morgan fingerprint density at radius 1 is 0.966 bits per heavy atom. The van der Waals surface area contributed by atoms with Gasteiger partial charge < -0.3 is 5.48 Å². The monoisotopic (exact) mass is 393 g/mol. The maximum absolute atomic E-state index is 14.7. The maximum Gasteiger partial charge on any atom is 0.279 e. The average molecular weight is 393 g/mol. The third kappa shape index (κ3) is 3.68. The van der Waals surface area contributed by atoms with Crippen molar-refractivity contribution in [1.82, 2.24) is 9.78 Å². The molecule has 5 nitrogen and oxygen atoms in total. The standard InChI is InChI=1S/C22H15F2N3O.H2O/c1-25-13-14-6-11-20(24)19(12-14)21-17-4-2-3-5-18(17)22(28)27(26-21)16-9-7-15(23)8-10-16;/h2-13H,1H3;1H2. The lowest BCUT2D eigenvalue weighted by Crippen LogP contribution is -2.22. The van der Waals surface area contributed by atoms with E-state index >= 15 is 0 Å². The zero-order chi connectivity index (χ0) is 19.7. The first kappa shape index (κ1) is 20.0. The smallest absolute Gasteiger partial charge is 0.279 e. The van der Waals surface area contributed by atoms with Crippen LogP contribution in [0.5, 0.6) is 0 Å². The molecule has 1 heterocycles. The molecule has 0 spiro atoms. The summed E-state index contributed by atoms with van der Waals surface area (Å²) in [6.45, 7) is 0. The Balaban J connectivity index is 0.00000240. The van der Waals surface area contributed by atoms with Crippen molar-refractivity contribution in [1.29, 1.82) is 0 Å². The van der Waals surface area contributed by atoms with Crippen molar-refractivity contribution in [2.24, 2.45) is 4.99 Å². The predicted molar refractivity (Wildman–Crippen MR) is 110 cm³/mol. The highest BCUT2D eigenvalue weighted by atomic mass is 19.1. The molecule has 0 bridgehead atoms. The number of hydrogen-bond donors (Lipinski definition) is 0. The van der Waals surface area contributed by atoms with Crippen molar-refractivity contribution in [2.75, 3.05) is 7.05 Å². The fourth-order valence-corrected chi connectivity index (χ4v) is 3.10. The number of aliphatic imine (C=N–C) groups is 1. The van der Waals surface area contributed by atoms with Crippen molar-refractivity contribution in [2.45, 2.75) is 0 Å². The fraction of sp³-hybridized carbons (Fsp3) is 0.0455. The van der Waals surface area contributed by atoms with Gasteiger partial charge in [-0.05, 0) is 48.0 Å². The Bertz CT molecular complexity index is 1270. The molecular formula is C22H17F2N3O2. The third-order valence-corrected chi connectivity index (χ3v) is 4.40. The molecule has 0 fully saturated rings. The van der Waals surface area contributed by atoms with Gasteiger partial charge in [-0.25, -0.2) is 8.78 Å². The molecule has 2 N–H and O–H groups in total. The lowest BCUT2D eigenvalue weighted by Gasteiger charge is -2.12. The van der Waals surface area contributed by atoms with Gasteiger partial charge >= 0.3 is 0 Å². The van der Waals surface area contributed by atoms with E-state index in [1.54, 1.807) is 49.7 Å². The molecule has 0 aliphatic rings. The third-order valence-electron chi connectivity index (χ3n) is 4.40. The van der Waals surface area contributed by atoms with Crippen LogP contribution in [0.1, 0.15) is 5.56 Å². The minimum atomic E-state index is -0.463. The van der Waals surface area contributed by atoms with Crippen molar-refractivity contribution in [3.8, 4) is 16.9 Å². The summed E-state index contributed by atoms with van der Waals surface area (Å²) < 4.78 is 29.2. The summed E-state index contributed by atoms with van der Waals surface area (Å²) in [4.78, 5) is 16.9. The maximum atomic E-state index is 14.7. The summed E-state index contributed by atoms with van der Waals surface area (Å²) in [6.07, 6.45) is 1.61. The van der Waals surface area contributed by atoms with Crippen molar-refractivity contribution in [3.05, 3.63) is 94.3 Å². The Hall–Kier alpha value is -3.71. The molecule has 0 saturated heterocycles. The molecule has 4 aromatic rings. The number of hydrogen-bond acceptors (Lipinski definition) is 3. The van der Waals surface area contributed by atoms with Crippen LogP contribution in [-0.2, 0) is 0 Å². The van der Waals surface area contributed by atoms with Gasteiger partial charge in [0.2, 0.25) is 0 Å². The summed E-state index contributed by atoms with van der Waals surface area (Å²) in [7, 11) is 1.63. The first-order chi connectivity index (χ1) is 13.6. The molecule has 0 aliphatic heterocycles. The van der Waals surface area contributed by atoms with E-state index in [-0.39, 0.29) is 16.6 Å². The SMILES string of the molecule is CN=Cc1ccc(F)c(-c2nn(-c3ccc(F)cc3)c(=O)c3ccccc23)c1.O. The van der Waals surface area contributed by atoms with Gasteiger partial charge in [0.25, 0.3) is 5.56 Å². The summed E-state index contributed by atoms with van der Waals surface area (Å²) >= 11 is 0. The van der Waals surface area contributed by atoms with E-state index in [1.807, 2.05) is 0 Å². The van der Waals surface area contributed by atoms with Crippen LogP contribution < -0.4 is 5.56 Å². The van der Waals surface area contributed by atoms with E-state index in [2.05, 4.69) is 10.1 Å². The van der Waals surface area contributed by atoms with E-state index < -0.39 is 11.6 Å². The van der Waals surface area contributed by atoms with Gasteiger partial charge in [0.15, 0.2) is 0 Å². The molecule has 29 heavy (non-hydrogen) atoms. The summed E-state index contributed by atoms with van der Waals surface area (Å²) in [6, 6.07) is 16.9. The molecule has 3 aromatic carbocycles. The van der Waals surface area contributed by atoms with Crippen molar-refractivity contribution < 1.29 is 14.3 Å². The van der Waals surface area contributed by atoms with Crippen LogP contribution >= 0.6 is 0 Å². The Morgan fingerprint density at radius 2 is 1.66 bits per heavy atom. The van der Waals surface area contributed by atoms with Crippen molar-refractivity contribution >= 4 is 17.0 Å². The molecule has 0 aliphatic carbocycles. The van der Waals surface area contributed by atoms with E-state index in [0.717, 1.165) is 4.68 Å². The highest BCUT2D eigenvalue weighted by Gasteiger charge is 2.16. The van der Waals surface area contributed by atoms with Gasteiger partial charge in [0.1, 0.15) is 17.3 Å². The topological polar surface area (TPSA) is 78.8 Å². The summed E-state index contributed by atoms with van der Waals surface area (Å²) in [5.41, 5.74) is 1.32. The fourth-order valence-electron chi connectivity index (χ4n) is 3.10. The van der Waals surface area contributed by atoms with E-state index in [9.17, 15) is 13.6 Å². The second kappa shape index (κ2) is 8.12. The molecule has 0 amide bonds. The highest BCUT2D eigenvalue weighted by Crippen LogP contribution is 2.28. The number of benzene rings is 3. The molecule has 7 heteroatoms. The van der Waals surface area contributed by atoms with Crippen LogP contribution in [0, 0.1) is 11.6 Å². The van der Waals surface area contributed by atoms with Gasteiger partial charge in [0.05, 0.1) is 11.1 Å². The molecule has 1 aromatic heterocycles. The molecule has 0 radical (unpaired) electrons. The lowest BCUT2D eigenvalue weighted by atomic mass is 10.0. The zero-order valence-corrected chi connectivity index (χ0v) is 15.4. The molecule has 146 valence electrons. The van der Waals surface area contributed by atoms with Crippen LogP contribution in [0.15, 0.2) is 76.5 Å². The lowest BCUT2D eigenvalue weighted by molar-refractivity contribution is 0.626. The number of nitrogens with zero attached hydrogens (tertiary/aromatic N) is 3. The summed E-state index contributed by atoms with van der Waals surface area (Å²) in [5.74, 6) is -0.884. The van der Waals surface area contributed by atoms with Gasteiger partial charge in [-0.2, -0.15) is 9.78 Å². The predicted octanol–water partition coefficient (Wildman–Crippen LogP) is 3.55. The molecular weight excluding hydrogens is 376 g/mol. The van der Waals surface area contributed by atoms with Gasteiger partial charge in [-0.3, -0.25) is 9.79 Å². The largest absolute Gasteiger partial charge is 0.412 e. The van der Waals surface area contributed by atoms with Crippen LogP contribution in [-0.4, -0.2) is 28.5 Å². The quantitative estimate of drug-likeness (QED) is 0.499. The molecule has 0 saturated carbocycles. The number of halogens is 2. The summed E-state index contributed by atoms with van der Waals surface area (Å²) in [5, 5.41) is 5.36. The van der Waals surface area contributed by atoms with Crippen LogP contribution in [0.25, 0.3) is 27.7 Å². The number of aromatic nitrogens is 2. The van der Waals surface area contributed by atoms with Crippen LogP contribution in [0.3, 0.4) is 0 Å². The zero-order valence-electron chi connectivity index (χ0n) is 15.4. The van der Waals surface area contributed by atoms with Gasteiger partial charge in [-0.1, -0.05) is 24.3 Å². The van der Waals surface area contributed by atoms with E-state index in [0.29, 0.717) is 27.7 Å². The van der Waals surface area contributed by atoms with Crippen molar-refractivity contribution in [3.63, 3.8) is 0 Å². The second-order valence-electron chi connectivity index (χ2n) is 6.21. The second-order valence-corrected chi connectivity index (χ2v) is 6.21. The normalized spacial score (nSPS) is 11.0. The molecule has 0 unspecified atom stereocenters. The average Bonchev–Trinajstić information content (AvgIpc) is 2.71.